The molecule has 1 aromatic carbocycles. The Kier molecular flexibility index (Phi) is 5.65. The molecule has 1 heterocycles. The summed E-state index contributed by atoms with van der Waals surface area (Å²) in [6, 6.07) is 6.69. The lowest BCUT2D eigenvalue weighted by molar-refractivity contribution is -0.116. The van der Waals surface area contributed by atoms with Gasteiger partial charge in [0.2, 0.25) is 5.91 Å². The van der Waals surface area contributed by atoms with Crippen molar-refractivity contribution in [3.8, 4) is 5.75 Å². The average Bonchev–Trinajstić information content (AvgIpc) is 3.31. The molecule has 5 rings (SSSR count). The molecule has 5 atom stereocenters. The summed E-state index contributed by atoms with van der Waals surface area (Å²) in [7, 11) is 1.75. The second kappa shape index (κ2) is 8.33. The van der Waals surface area contributed by atoms with Gasteiger partial charge in [0, 0.05) is 17.5 Å². The van der Waals surface area contributed by atoms with Crippen molar-refractivity contribution in [2.45, 2.75) is 64.7 Å². The first-order chi connectivity index (χ1) is 15.4. The fourth-order valence-corrected chi connectivity index (χ4v) is 7.77. The van der Waals surface area contributed by atoms with Crippen molar-refractivity contribution in [3.63, 3.8) is 0 Å². The zero-order valence-corrected chi connectivity index (χ0v) is 20.3. The van der Waals surface area contributed by atoms with Crippen molar-refractivity contribution in [2.75, 3.05) is 12.4 Å². The summed E-state index contributed by atoms with van der Waals surface area (Å²) in [6.07, 6.45) is 9.21. The Labute approximate surface area is 195 Å². The Hall–Kier alpha value is -2.14. The standard InChI is InChI=1S/C27H34N2O2S/c1-16-13-19(6-10-24(30)29-26-28-15-17(2)32-26)25-23-8-5-18-14-20(31-4)7-9-21(18)22(23)11-12-27(16,25)3/h7,9,14-15,19,22-23,25H,1,5-6,8,10-13H2,2-4H3,(H,28,29,30)/t19-,22?,23?,25?,27?/m1/s1. The molecule has 1 N–H and O–H groups in total. The lowest BCUT2D eigenvalue weighted by Crippen LogP contribution is -2.42. The van der Waals surface area contributed by atoms with Gasteiger partial charge in [-0.15, -0.1) is 11.3 Å². The van der Waals surface area contributed by atoms with Gasteiger partial charge >= 0.3 is 0 Å². The van der Waals surface area contributed by atoms with Gasteiger partial charge in [0.15, 0.2) is 5.13 Å². The Balaban J connectivity index is 1.33. The minimum absolute atomic E-state index is 0.0898. The number of carbonyl (C=O) groups is 1. The molecule has 1 aromatic heterocycles. The maximum Gasteiger partial charge on any atom is 0.226 e. The number of hydrogen-bond donors (Lipinski definition) is 1. The third-order valence-electron chi connectivity index (χ3n) is 8.62. The molecule has 32 heavy (non-hydrogen) atoms. The number of aryl methyl sites for hydroxylation is 2. The minimum Gasteiger partial charge on any atom is -0.497 e. The molecule has 1 amide bonds. The molecular formula is C27H34N2O2S. The number of nitrogens with one attached hydrogen (secondary N) is 1. The van der Waals surface area contributed by atoms with Crippen molar-refractivity contribution in [3.05, 3.63) is 52.6 Å². The van der Waals surface area contributed by atoms with Gasteiger partial charge in [0.1, 0.15) is 5.75 Å². The summed E-state index contributed by atoms with van der Waals surface area (Å²) in [5, 5.41) is 3.71. The summed E-state index contributed by atoms with van der Waals surface area (Å²) in [6.45, 7) is 9.00. The van der Waals surface area contributed by atoms with E-state index in [9.17, 15) is 4.79 Å². The van der Waals surface area contributed by atoms with E-state index in [0.717, 1.165) is 29.9 Å². The van der Waals surface area contributed by atoms with Crippen LogP contribution in [0.5, 0.6) is 5.75 Å². The van der Waals surface area contributed by atoms with Crippen LogP contribution in [0.25, 0.3) is 0 Å². The maximum atomic E-state index is 12.6. The summed E-state index contributed by atoms with van der Waals surface area (Å²) >= 11 is 1.54. The van der Waals surface area contributed by atoms with Gasteiger partial charge < -0.3 is 10.1 Å². The van der Waals surface area contributed by atoms with Crippen LogP contribution < -0.4 is 10.1 Å². The van der Waals surface area contributed by atoms with Crippen molar-refractivity contribution < 1.29 is 9.53 Å². The molecule has 5 heteroatoms. The lowest BCUT2D eigenvalue weighted by atomic mass is 9.53. The smallest absolute Gasteiger partial charge is 0.226 e. The van der Waals surface area contributed by atoms with E-state index in [0.29, 0.717) is 35.2 Å². The number of aromatic nitrogens is 1. The molecule has 0 bridgehead atoms. The van der Waals surface area contributed by atoms with Gasteiger partial charge in [0.05, 0.1) is 7.11 Å². The third-order valence-corrected chi connectivity index (χ3v) is 9.45. The van der Waals surface area contributed by atoms with Crippen LogP contribution in [-0.4, -0.2) is 18.0 Å². The number of nitrogens with zero attached hydrogens (tertiary/aromatic N) is 1. The molecule has 2 aromatic rings. The van der Waals surface area contributed by atoms with E-state index < -0.39 is 0 Å². The predicted octanol–water partition coefficient (Wildman–Crippen LogP) is 6.52. The maximum absolute atomic E-state index is 12.6. The van der Waals surface area contributed by atoms with Gasteiger partial charge in [-0.3, -0.25) is 4.79 Å². The summed E-state index contributed by atoms with van der Waals surface area (Å²) in [5.41, 5.74) is 4.65. The zero-order valence-electron chi connectivity index (χ0n) is 19.4. The minimum atomic E-state index is 0.0898. The van der Waals surface area contributed by atoms with Crippen LogP contribution >= 0.6 is 11.3 Å². The number of anilines is 1. The summed E-state index contributed by atoms with van der Waals surface area (Å²) in [5.74, 6) is 3.54. The average molecular weight is 451 g/mol. The second-order valence-electron chi connectivity index (χ2n) is 10.3. The number of ether oxygens (including phenoxy) is 1. The van der Waals surface area contributed by atoms with Crippen molar-refractivity contribution >= 4 is 22.4 Å². The highest BCUT2D eigenvalue weighted by Crippen LogP contribution is 2.65. The summed E-state index contributed by atoms with van der Waals surface area (Å²) in [4.78, 5) is 18.0. The van der Waals surface area contributed by atoms with Gasteiger partial charge in [-0.2, -0.15) is 0 Å². The number of hydrogen-bond acceptors (Lipinski definition) is 4. The van der Waals surface area contributed by atoms with E-state index >= 15 is 0 Å². The number of allylic oxidation sites excluding steroid dienone is 1. The van der Waals surface area contributed by atoms with Crippen LogP contribution in [0.15, 0.2) is 36.5 Å². The van der Waals surface area contributed by atoms with Gasteiger partial charge in [-0.1, -0.05) is 25.1 Å². The van der Waals surface area contributed by atoms with Gasteiger partial charge in [0.25, 0.3) is 0 Å². The molecule has 0 radical (unpaired) electrons. The van der Waals surface area contributed by atoms with Crippen LogP contribution in [0, 0.1) is 30.1 Å². The number of amides is 1. The van der Waals surface area contributed by atoms with Crippen LogP contribution in [0.1, 0.15) is 67.4 Å². The van der Waals surface area contributed by atoms with Crippen molar-refractivity contribution in [2.24, 2.45) is 23.2 Å². The van der Waals surface area contributed by atoms with E-state index in [4.69, 9.17) is 4.74 Å². The molecule has 0 saturated heterocycles. The lowest BCUT2D eigenvalue weighted by Gasteiger charge is -2.51. The Morgan fingerprint density at radius 2 is 2.22 bits per heavy atom. The van der Waals surface area contributed by atoms with Gasteiger partial charge in [-0.05, 0) is 97.8 Å². The molecule has 0 spiro atoms. The van der Waals surface area contributed by atoms with Gasteiger partial charge in [-0.25, -0.2) is 4.98 Å². The highest BCUT2D eigenvalue weighted by Gasteiger charge is 2.55. The van der Waals surface area contributed by atoms with Crippen LogP contribution in [0.2, 0.25) is 0 Å². The first-order valence-electron chi connectivity index (χ1n) is 12.0. The fraction of sp³-hybridized carbons (Fsp3) is 0.556. The number of methoxy groups -OCH3 is 1. The predicted molar refractivity (Wildman–Crippen MR) is 130 cm³/mol. The Morgan fingerprint density at radius 1 is 1.38 bits per heavy atom. The molecule has 4 unspecified atom stereocenters. The first kappa shape index (κ1) is 21.7. The van der Waals surface area contributed by atoms with E-state index in [1.54, 1.807) is 7.11 Å². The van der Waals surface area contributed by atoms with E-state index in [2.05, 4.69) is 42.0 Å². The molecule has 3 aliphatic rings. The molecule has 0 aliphatic heterocycles. The number of rotatable bonds is 5. The topological polar surface area (TPSA) is 51.2 Å². The quantitative estimate of drug-likeness (QED) is 0.528. The second-order valence-corrected chi connectivity index (χ2v) is 11.5. The Morgan fingerprint density at radius 3 is 2.97 bits per heavy atom. The highest BCUT2D eigenvalue weighted by molar-refractivity contribution is 7.15. The zero-order chi connectivity index (χ0) is 22.5. The van der Waals surface area contributed by atoms with E-state index in [1.165, 1.54) is 47.3 Å². The number of carbonyl (C=O) groups excluding carboxylic acids is 1. The third kappa shape index (κ3) is 3.68. The molecule has 3 aliphatic carbocycles. The molecule has 2 saturated carbocycles. The molecular weight excluding hydrogens is 416 g/mol. The number of thiazole rings is 1. The fourth-order valence-electron chi connectivity index (χ4n) is 7.09. The monoisotopic (exact) mass is 450 g/mol. The molecule has 4 nitrogen and oxygen atoms in total. The van der Waals surface area contributed by atoms with Crippen molar-refractivity contribution in [1.82, 2.24) is 4.98 Å². The first-order valence-corrected chi connectivity index (χ1v) is 12.8. The number of fused-ring (bicyclic) bond motifs is 5. The number of benzene rings is 1. The Bertz CT molecular complexity index is 1040. The molecule has 2 fully saturated rings. The highest BCUT2D eigenvalue weighted by atomic mass is 32.1. The van der Waals surface area contributed by atoms with Crippen molar-refractivity contribution in [1.29, 1.82) is 0 Å². The SMILES string of the molecule is C=C1C[C@@H](CCC(=O)Nc2ncc(C)s2)C2C3CCc4cc(OC)ccc4C3CCC12C. The van der Waals surface area contributed by atoms with E-state index in [-0.39, 0.29) is 11.3 Å². The van der Waals surface area contributed by atoms with Crippen LogP contribution in [-0.2, 0) is 11.2 Å². The van der Waals surface area contributed by atoms with Crippen LogP contribution in [0.3, 0.4) is 0 Å². The van der Waals surface area contributed by atoms with Crippen LogP contribution in [0.4, 0.5) is 5.13 Å². The largest absolute Gasteiger partial charge is 0.497 e. The normalized spacial score (nSPS) is 30.9. The molecule has 170 valence electrons. The summed E-state index contributed by atoms with van der Waals surface area (Å²) < 4.78 is 5.48. The van der Waals surface area contributed by atoms with E-state index in [1.807, 2.05) is 13.1 Å².